The van der Waals surface area contributed by atoms with Crippen LogP contribution in [0.5, 0.6) is 11.5 Å². The molecule has 0 heterocycles. The Bertz CT molecular complexity index is 622. The van der Waals surface area contributed by atoms with Gasteiger partial charge < -0.3 is 19.9 Å². The van der Waals surface area contributed by atoms with Crippen LogP contribution in [-0.4, -0.2) is 37.2 Å². The van der Waals surface area contributed by atoms with Crippen LogP contribution in [-0.2, 0) is 16.0 Å². The molecule has 0 radical (unpaired) electrons. The number of ether oxygens (including phenoxy) is 2. The molecule has 1 amide bonds. The van der Waals surface area contributed by atoms with E-state index in [1.807, 2.05) is 13.0 Å². The number of rotatable bonds is 7. The minimum absolute atomic E-state index is 0.0740. The van der Waals surface area contributed by atoms with Crippen molar-refractivity contribution in [2.45, 2.75) is 51.5 Å². The Morgan fingerprint density at radius 3 is 2.36 bits per heavy atom. The zero-order chi connectivity index (χ0) is 18.4. The van der Waals surface area contributed by atoms with E-state index in [0.717, 1.165) is 43.2 Å². The van der Waals surface area contributed by atoms with E-state index in [1.165, 1.54) is 7.11 Å². The summed E-state index contributed by atoms with van der Waals surface area (Å²) in [7, 11) is 3.11. The Labute approximate surface area is 148 Å². The molecule has 1 aliphatic rings. The first kappa shape index (κ1) is 19.1. The van der Waals surface area contributed by atoms with Gasteiger partial charge in [0.05, 0.1) is 14.2 Å². The molecule has 1 aliphatic carbocycles. The van der Waals surface area contributed by atoms with E-state index in [1.54, 1.807) is 13.2 Å². The first-order valence-electron chi connectivity index (χ1n) is 8.71. The third-order valence-electron chi connectivity index (χ3n) is 4.81. The third-order valence-corrected chi connectivity index (χ3v) is 4.81. The Kier molecular flexibility index (Phi) is 6.67. The van der Waals surface area contributed by atoms with Crippen molar-refractivity contribution < 1.29 is 24.2 Å². The number of benzene rings is 1. The van der Waals surface area contributed by atoms with Crippen LogP contribution in [0.15, 0.2) is 12.1 Å². The van der Waals surface area contributed by atoms with Crippen molar-refractivity contribution in [3.05, 3.63) is 23.3 Å². The number of aryl methyl sites for hydroxylation is 1. The average Bonchev–Trinajstić information content (AvgIpc) is 2.62. The maximum absolute atomic E-state index is 12.4. The molecule has 2 N–H and O–H groups in total. The number of nitrogens with one attached hydrogen (secondary N) is 1. The zero-order valence-corrected chi connectivity index (χ0v) is 15.1. The van der Waals surface area contributed by atoms with Crippen molar-refractivity contribution >= 4 is 11.9 Å². The van der Waals surface area contributed by atoms with Crippen molar-refractivity contribution in [3.8, 4) is 11.5 Å². The topological polar surface area (TPSA) is 84.9 Å². The molecule has 0 aliphatic heterocycles. The molecule has 6 heteroatoms. The fraction of sp³-hybridized carbons (Fsp3) is 0.579. The van der Waals surface area contributed by atoms with Gasteiger partial charge in [-0.05, 0) is 37.0 Å². The van der Waals surface area contributed by atoms with Gasteiger partial charge in [-0.2, -0.15) is 0 Å². The van der Waals surface area contributed by atoms with E-state index in [0.29, 0.717) is 11.5 Å². The quantitative estimate of drug-likeness (QED) is 0.790. The van der Waals surface area contributed by atoms with E-state index in [2.05, 4.69) is 5.32 Å². The summed E-state index contributed by atoms with van der Waals surface area (Å²) in [5.74, 6) is -0.0367. The van der Waals surface area contributed by atoms with E-state index < -0.39 is 12.0 Å². The highest BCUT2D eigenvalue weighted by molar-refractivity contribution is 5.85. The normalized spacial score (nSPS) is 16.1. The number of aliphatic carboxylic acids is 1. The number of carbonyl (C=O) groups is 2. The highest BCUT2D eigenvalue weighted by Gasteiger charge is 2.27. The van der Waals surface area contributed by atoms with Gasteiger partial charge in [-0.1, -0.05) is 19.3 Å². The minimum atomic E-state index is -1.04. The number of methoxy groups -OCH3 is 2. The van der Waals surface area contributed by atoms with Gasteiger partial charge in [0.15, 0.2) is 0 Å². The fourth-order valence-electron chi connectivity index (χ4n) is 3.37. The first-order valence-corrected chi connectivity index (χ1v) is 8.71. The molecular formula is C19H27NO5. The number of carboxylic acids is 1. The second kappa shape index (κ2) is 8.74. The van der Waals surface area contributed by atoms with E-state index in [4.69, 9.17) is 9.47 Å². The van der Waals surface area contributed by atoms with E-state index >= 15 is 0 Å². The summed E-state index contributed by atoms with van der Waals surface area (Å²) in [6.07, 6.45) is 5.05. The summed E-state index contributed by atoms with van der Waals surface area (Å²) in [4.78, 5) is 24.0. The molecule has 1 fully saturated rings. The summed E-state index contributed by atoms with van der Waals surface area (Å²) < 4.78 is 10.6. The van der Waals surface area contributed by atoms with Crippen molar-refractivity contribution in [3.63, 3.8) is 0 Å². The fourth-order valence-corrected chi connectivity index (χ4v) is 3.37. The van der Waals surface area contributed by atoms with Crippen LogP contribution >= 0.6 is 0 Å². The molecule has 1 atom stereocenters. The SMILES string of the molecule is COc1cc(OC)c(C[C@H](NC(=O)C2CCCCC2)C(=O)O)cc1C. The van der Waals surface area contributed by atoms with Gasteiger partial charge in [0, 0.05) is 18.4 Å². The molecule has 0 unspecified atom stereocenters. The van der Waals surface area contributed by atoms with Gasteiger partial charge in [0.25, 0.3) is 0 Å². The molecule has 0 aromatic heterocycles. The van der Waals surface area contributed by atoms with Crippen LogP contribution in [0.3, 0.4) is 0 Å². The van der Waals surface area contributed by atoms with Crippen molar-refractivity contribution in [2.75, 3.05) is 14.2 Å². The van der Waals surface area contributed by atoms with Crippen LogP contribution in [0.25, 0.3) is 0 Å². The monoisotopic (exact) mass is 349 g/mol. The number of carboxylic acid groups (broad SMARTS) is 1. The smallest absolute Gasteiger partial charge is 0.326 e. The molecule has 1 aromatic carbocycles. The summed E-state index contributed by atoms with van der Waals surface area (Å²) in [5, 5.41) is 12.2. The summed E-state index contributed by atoms with van der Waals surface area (Å²) in [5.41, 5.74) is 1.62. The molecule has 1 aromatic rings. The third kappa shape index (κ3) is 4.87. The molecule has 0 bridgehead atoms. The Morgan fingerprint density at radius 1 is 1.16 bits per heavy atom. The van der Waals surface area contributed by atoms with Crippen LogP contribution in [0.4, 0.5) is 0 Å². The lowest BCUT2D eigenvalue weighted by molar-refractivity contribution is -0.142. The van der Waals surface area contributed by atoms with Gasteiger partial charge in [0.2, 0.25) is 5.91 Å². The van der Waals surface area contributed by atoms with E-state index in [9.17, 15) is 14.7 Å². The predicted molar refractivity (Wildman–Crippen MR) is 94.1 cm³/mol. The van der Waals surface area contributed by atoms with Crippen LogP contribution in [0.1, 0.15) is 43.2 Å². The van der Waals surface area contributed by atoms with Gasteiger partial charge in [0.1, 0.15) is 17.5 Å². The Balaban J connectivity index is 2.14. The molecule has 1 saturated carbocycles. The highest BCUT2D eigenvalue weighted by Crippen LogP contribution is 2.30. The number of hydrogen-bond donors (Lipinski definition) is 2. The van der Waals surface area contributed by atoms with Gasteiger partial charge in [-0.15, -0.1) is 0 Å². The van der Waals surface area contributed by atoms with Crippen molar-refractivity contribution in [1.82, 2.24) is 5.32 Å². The van der Waals surface area contributed by atoms with Crippen LogP contribution < -0.4 is 14.8 Å². The summed E-state index contributed by atoms with van der Waals surface area (Å²) in [6.45, 7) is 1.89. The first-order chi connectivity index (χ1) is 12.0. The van der Waals surface area contributed by atoms with Crippen LogP contribution in [0.2, 0.25) is 0 Å². The Morgan fingerprint density at radius 2 is 1.80 bits per heavy atom. The average molecular weight is 349 g/mol. The molecular weight excluding hydrogens is 322 g/mol. The molecule has 2 rings (SSSR count). The standard InChI is InChI=1S/C19H27NO5/c1-12-9-14(17(25-3)11-16(12)24-2)10-15(19(22)23)20-18(21)13-7-5-4-6-8-13/h9,11,13,15H,4-8,10H2,1-3H3,(H,20,21)(H,22,23)/t15-/m0/s1. The van der Waals surface area contributed by atoms with Gasteiger partial charge in [-0.3, -0.25) is 4.79 Å². The number of hydrogen-bond acceptors (Lipinski definition) is 4. The molecule has 0 saturated heterocycles. The second-order valence-electron chi connectivity index (χ2n) is 6.57. The second-order valence-corrected chi connectivity index (χ2v) is 6.57. The summed E-state index contributed by atoms with van der Waals surface area (Å²) in [6, 6.07) is 2.61. The van der Waals surface area contributed by atoms with Crippen molar-refractivity contribution in [2.24, 2.45) is 5.92 Å². The number of carbonyl (C=O) groups excluding carboxylic acids is 1. The summed E-state index contributed by atoms with van der Waals surface area (Å²) >= 11 is 0. The Hall–Kier alpha value is -2.24. The van der Waals surface area contributed by atoms with Gasteiger partial charge >= 0.3 is 5.97 Å². The maximum atomic E-state index is 12.4. The zero-order valence-electron chi connectivity index (χ0n) is 15.1. The molecule has 6 nitrogen and oxygen atoms in total. The molecule has 25 heavy (non-hydrogen) atoms. The van der Waals surface area contributed by atoms with Crippen molar-refractivity contribution in [1.29, 1.82) is 0 Å². The largest absolute Gasteiger partial charge is 0.496 e. The maximum Gasteiger partial charge on any atom is 0.326 e. The lowest BCUT2D eigenvalue weighted by atomic mass is 9.88. The lowest BCUT2D eigenvalue weighted by Crippen LogP contribution is -2.45. The lowest BCUT2D eigenvalue weighted by Gasteiger charge is -2.24. The number of amides is 1. The minimum Gasteiger partial charge on any atom is -0.496 e. The highest BCUT2D eigenvalue weighted by atomic mass is 16.5. The van der Waals surface area contributed by atoms with E-state index in [-0.39, 0.29) is 18.2 Å². The molecule has 138 valence electrons. The van der Waals surface area contributed by atoms with Gasteiger partial charge in [-0.25, -0.2) is 4.79 Å². The molecule has 0 spiro atoms. The predicted octanol–water partition coefficient (Wildman–Crippen LogP) is 2.70. The van der Waals surface area contributed by atoms with Crippen LogP contribution in [0, 0.1) is 12.8 Å².